The van der Waals surface area contributed by atoms with Crippen LogP contribution in [-0.2, 0) is 21.2 Å². The van der Waals surface area contributed by atoms with Gasteiger partial charge in [-0.3, -0.25) is 9.59 Å². The lowest BCUT2D eigenvalue weighted by atomic mass is 9.97. The molecule has 2 aromatic rings. The summed E-state index contributed by atoms with van der Waals surface area (Å²) in [5.41, 5.74) is 0.883. The number of amides is 1. The zero-order valence-electron chi connectivity index (χ0n) is 14.0. The first-order valence-corrected chi connectivity index (χ1v) is 10.7. The Bertz CT molecular complexity index is 867. The zero-order chi connectivity index (χ0) is 18.6. The molecule has 1 saturated heterocycles. The summed E-state index contributed by atoms with van der Waals surface area (Å²) < 4.78 is 26.7. The standard InChI is InChI=1S/C17H19N3O4S2/c21-15-11-20(8-6-18-15)26(23,24)12-14(10-13-4-2-1-3-5-13)16(22)17-19-7-9-25-17/h1-5,7,9,14H,6,8,10-12H2,(H,18,21)/t14-/m0/s1. The van der Waals surface area contributed by atoms with Crippen LogP contribution in [-0.4, -0.2) is 54.8 Å². The second kappa shape index (κ2) is 8.07. The molecule has 1 amide bonds. The Morgan fingerprint density at radius 3 is 2.73 bits per heavy atom. The number of nitrogens with one attached hydrogen (secondary N) is 1. The molecule has 1 atom stereocenters. The van der Waals surface area contributed by atoms with Gasteiger partial charge in [0.15, 0.2) is 10.8 Å². The highest BCUT2D eigenvalue weighted by molar-refractivity contribution is 7.89. The van der Waals surface area contributed by atoms with Crippen LogP contribution < -0.4 is 5.32 Å². The third-order valence-electron chi connectivity index (χ3n) is 4.15. The van der Waals surface area contributed by atoms with Gasteiger partial charge in [-0.05, 0) is 12.0 Å². The molecule has 7 nitrogen and oxygen atoms in total. The van der Waals surface area contributed by atoms with Crippen LogP contribution in [0.25, 0.3) is 0 Å². The van der Waals surface area contributed by atoms with Gasteiger partial charge in [0.25, 0.3) is 0 Å². The van der Waals surface area contributed by atoms with E-state index in [1.54, 1.807) is 5.38 Å². The molecule has 0 unspecified atom stereocenters. The van der Waals surface area contributed by atoms with Gasteiger partial charge in [-0.1, -0.05) is 30.3 Å². The number of piperazine rings is 1. The number of hydrogen-bond donors (Lipinski definition) is 1. The van der Waals surface area contributed by atoms with Crippen molar-refractivity contribution in [3.63, 3.8) is 0 Å². The zero-order valence-corrected chi connectivity index (χ0v) is 15.6. The van der Waals surface area contributed by atoms with E-state index in [4.69, 9.17) is 0 Å². The average molecular weight is 393 g/mol. The van der Waals surface area contributed by atoms with Crippen molar-refractivity contribution >= 4 is 33.1 Å². The van der Waals surface area contributed by atoms with Crippen molar-refractivity contribution in [3.05, 3.63) is 52.5 Å². The maximum Gasteiger partial charge on any atom is 0.235 e. The summed E-state index contributed by atoms with van der Waals surface area (Å²) in [6.45, 7) is 0.297. The third-order valence-corrected chi connectivity index (χ3v) is 6.86. The first kappa shape index (κ1) is 18.7. The number of benzene rings is 1. The monoisotopic (exact) mass is 393 g/mol. The lowest BCUT2D eigenvalue weighted by Gasteiger charge is -2.27. The third kappa shape index (κ3) is 4.54. The first-order valence-electron chi connectivity index (χ1n) is 8.18. The van der Waals surface area contributed by atoms with Crippen molar-refractivity contribution in [2.24, 2.45) is 5.92 Å². The average Bonchev–Trinajstić information content (AvgIpc) is 3.16. The lowest BCUT2D eigenvalue weighted by molar-refractivity contribution is -0.122. The van der Waals surface area contributed by atoms with Gasteiger partial charge in [0, 0.05) is 30.6 Å². The minimum atomic E-state index is -3.74. The fraction of sp³-hybridized carbons (Fsp3) is 0.353. The molecular formula is C17H19N3O4S2. The lowest BCUT2D eigenvalue weighted by Crippen LogP contribution is -2.51. The highest BCUT2D eigenvalue weighted by atomic mass is 32.2. The number of thiazole rings is 1. The molecule has 9 heteroatoms. The first-order chi connectivity index (χ1) is 12.5. The van der Waals surface area contributed by atoms with Crippen molar-refractivity contribution in [3.8, 4) is 0 Å². The van der Waals surface area contributed by atoms with Crippen LogP contribution in [0.2, 0.25) is 0 Å². The molecular weight excluding hydrogens is 374 g/mol. The summed E-state index contributed by atoms with van der Waals surface area (Å²) in [7, 11) is -3.74. The fourth-order valence-electron chi connectivity index (χ4n) is 2.86. The SMILES string of the molecule is O=C1CN(S(=O)(=O)C[C@H](Cc2ccccc2)C(=O)c2nccs2)CCN1. The number of sulfonamides is 1. The van der Waals surface area contributed by atoms with Crippen LogP contribution in [0.15, 0.2) is 41.9 Å². The van der Waals surface area contributed by atoms with E-state index in [0.29, 0.717) is 11.4 Å². The predicted molar refractivity (Wildman–Crippen MR) is 98.5 cm³/mol. The normalized spacial score (nSPS) is 16.8. The molecule has 0 bridgehead atoms. The predicted octanol–water partition coefficient (Wildman–Crippen LogP) is 0.946. The van der Waals surface area contributed by atoms with Gasteiger partial charge in [-0.15, -0.1) is 11.3 Å². The molecule has 1 N–H and O–H groups in total. The molecule has 3 rings (SSSR count). The molecule has 2 heterocycles. The van der Waals surface area contributed by atoms with E-state index in [1.165, 1.54) is 17.5 Å². The Kier molecular flexibility index (Phi) is 5.80. The van der Waals surface area contributed by atoms with Gasteiger partial charge in [0.05, 0.1) is 12.3 Å². The van der Waals surface area contributed by atoms with E-state index in [9.17, 15) is 18.0 Å². The smallest absolute Gasteiger partial charge is 0.235 e. The van der Waals surface area contributed by atoms with Gasteiger partial charge >= 0.3 is 0 Å². The number of rotatable bonds is 7. The summed E-state index contributed by atoms with van der Waals surface area (Å²) in [6, 6.07) is 9.30. The van der Waals surface area contributed by atoms with Gasteiger partial charge < -0.3 is 5.32 Å². The fourth-order valence-corrected chi connectivity index (χ4v) is 5.18. The van der Waals surface area contributed by atoms with E-state index >= 15 is 0 Å². The summed E-state index contributed by atoms with van der Waals surface area (Å²) in [4.78, 5) is 28.4. The molecule has 0 saturated carbocycles. The molecule has 0 spiro atoms. The molecule has 138 valence electrons. The topological polar surface area (TPSA) is 96.4 Å². The number of aromatic nitrogens is 1. The van der Waals surface area contributed by atoms with Crippen molar-refractivity contribution < 1.29 is 18.0 Å². The van der Waals surface area contributed by atoms with E-state index in [0.717, 1.165) is 9.87 Å². The molecule has 26 heavy (non-hydrogen) atoms. The van der Waals surface area contributed by atoms with Crippen molar-refractivity contribution in [2.45, 2.75) is 6.42 Å². The minimum absolute atomic E-state index is 0.203. The Labute approximate surface area is 156 Å². The summed E-state index contributed by atoms with van der Waals surface area (Å²) in [5.74, 6) is -1.70. The molecule has 1 aliphatic heterocycles. The Hall–Kier alpha value is -2.10. The molecule has 1 aromatic heterocycles. The van der Waals surface area contributed by atoms with Gasteiger partial charge in [0.1, 0.15) is 0 Å². The number of hydrogen-bond acceptors (Lipinski definition) is 6. The highest BCUT2D eigenvalue weighted by Crippen LogP contribution is 2.20. The maximum atomic E-state index is 12.8. The van der Waals surface area contributed by atoms with Crippen LogP contribution in [0, 0.1) is 5.92 Å². The summed E-state index contributed by atoms with van der Waals surface area (Å²) >= 11 is 1.20. The Morgan fingerprint density at radius 1 is 1.31 bits per heavy atom. The highest BCUT2D eigenvalue weighted by Gasteiger charge is 2.33. The molecule has 1 aliphatic rings. The second-order valence-corrected chi connectivity index (χ2v) is 8.96. The van der Waals surface area contributed by atoms with Crippen molar-refractivity contribution in [1.29, 1.82) is 0 Å². The number of carbonyl (C=O) groups is 2. The van der Waals surface area contributed by atoms with E-state index in [1.807, 2.05) is 30.3 Å². The van der Waals surface area contributed by atoms with Crippen LogP contribution >= 0.6 is 11.3 Å². The second-order valence-electron chi connectivity index (χ2n) is 6.05. The molecule has 0 aliphatic carbocycles. The quantitative estimate of drug-likeness (QED) is 0.707. The molecule has 0 radical (unpaired) electrons. The largest absolute Gasteiger partial charge is 0.354 e. The number of Topliss-reactive ketones (excluding diaryl/α,β-unsaturated/α-hetero) is 1. The Balaban J connectivity index is 1.82. The van der Waals surface area contributed by atoms with E-state index < -0.39 is 15.9 Å². The summed E-state index contributed by atoms with van der Waals surface area (Å²) in [6.07, 6.45) is 1.83. The van der Waals surface area contributed by atoms with Crippen LogP contribution in [0.5, 0.6) is 0 Å². The minimum Gasteiger partial charge on any atom is -0.354 e. The van der Waals surface area contributed by atoms with Crippen LogP contribution in [0.4, 0.5) is 0 Å². The maximum absolute atomic E-state index is 12.8. The van der Waals surface area contributed by atoms with E-state index in [2.05, 4.69) is 10.3 Å². The van der Waals surface area contributed by atoms with Crippen molar-refractivity contribution in [1.82, 2.24) is 14.6 Å². The van der Waals surface area contributed by atoms with Gasteiger partial charge in [-0.2, -0.15) is 4.31 Å². The molecule has 1 aromatic carbocycles. The Morgan fingerprint density at radius 2 is 2.08 bits per heavy atom. The molecule has 1 fully saturated rings. The van der Waals surface area contributed by atoms with Crippen molar-refractivity contribution in [2.75, 3.05) is 25.4 Å². The van der Waals surface area contributed by atoms with Gasteiger partial charge in [0.2, 0.25) is 15.9 Å². The van der Waals surface area contributed by atoms with E-state index in [-0.39, 0.29) is 37.1 Å². The van der Waals surface area contributed by atoms with Gasteiger partial charge in [-0.25, -0.2) is 13.4 Å². The number of nitrogens with zero attached hydrogens (tertiary/aromatic N) is 2. The number of carbonyl (C=O) groups excluding carboxylic acids is 2. The van der Waals surface area contributed by atoms with Crippen LogP contribution in [0.1, 0.15) is 15.4 Å². The van der Waals surface area contributed by atoms with Crippen LogP contribution in [0.3, 0.4) is 0 Å². The number of ketones is 1. The summed E-state index contributed by atoms with van der Waals surface area (Å²) in [5, 5.41) is 4.60.